The molecule has 4 nitrogen and oxygen atoms in total. The summed E-state index contributed by atoms with van der Waals surface area (Å²) in [4.78, 5) is 4.83. The number of rotatable bonds is 4. The van der Waals surface area contributed by atoms with Crippen molar-refractivity contribution >= 4 is 5.69 Å². The molecule has 0 amide bonds. The molecular weight excluding hydrogens is 324 g/mol. The van der Waals surface area contributed by atoms with Crippen molar-refractivity contribution in [1.29, 1.82) is 0 Å². The number of hydrogen-bond donors (Lipinski definition) is 1. The van der Waals surface area contributed by atoms with Gasteiger partial charge in [0.25, 0.3) is 0 Å². The molecule has 4 rings (SSSR count). The lowest BCUT2D eigenvalue weighted by atomic mass is 10.0. The monoisotopic (exact) mass is 352 g/mol. The van der Waals surface area contributed by atoms with Gasteiger partial charge < -0.3 is 14.7 Å². The number of fused-ring (bicyclic) bond motifs is 1. The van der Waals surface area contributed by atoms with E-state index in [0.717, 1.165) is 50.5 Å². The summed E-state index contributed by atoms with van der Waals surface area (Å²) in [5, 5.41) is 10.7. The molecule has 1 saturated heterocycles. The molecule has 1 fully saturated rings. The third-order valence-corrected chi connectivity index (χ3v) is 5.59. The second kappa shape index (κ2) is 7.29. The number of piperazine rings is 1. The highest BCUT2D eigenvalue weighted by Gasteiger charge is 2.22. The lowest BCUT2D eigenvalue weighted by Crippen LogP contribution is -2.47. The highest BCUT2D eigenvalue weighted by molar-refractivity contribution is 5.54. The molecule has 0 aliphatic carbocycles. The zero-order valence-corrected chi connectivity index (χ0v) is 15.7. The van der Waals surface area contributed by atoms with Crippen LogP contribution in [0.3, 0.4) is 0 Å². The number of hydrogen-bond acceptors (Lipinski definition) is 4. The van der Waals surface area contributed by atoms with Crippen LogP contribution in [0.15, 0.2) is 36.4 Å². The molecule has 138 valence electrons. The van der Waals surface area contributed by atoms with Gasteiger partial charge in [-0.1, -0.05) is 23.8 Å². The summed E-state index contributed by atoms with van der Waals surface area (Å²) >= 11 is 0. The molecule has 2 aromatic rings. The van der Waals surface area contributed by atoms with Crippen LogP contribution in [0, 0.1) is 13.8 Å². The van der Waals surface area contributed by atoms with Gasteiger partial charge in [-0.15, -0.1) is 0 Å². The predicted molar refractivity (Wildman–Crippen MR) is 105 cm³/mol. The molecule has 2 heterocycles. The van der Waals surface area contributed by atoms with Gasteiger partial charge >= 0.3 is 0 Å². The number of β-amino-alcohol motifs (C(OH)–C–C–N with tert-alkyl or cyclic N) is 1. The Morgan fingerprint density at radius 2 is 1.85 bits per heavy atom. The van der Waals surface area contributed by atoms with Gasteiger partial charge in [0.2, 0.25) is 0 Å². The van der Waals surface area contributed by atoms with Gasteiger partial charge in [-0.2, -0.15) is 0 Å². The average molecular weight is 352 g/mol. The van der Waals surface area contributed by atoms with Crippen LogP contribution in [0.4, 0.5) is 5.69 Å². The van der Waals surface area contributed by atoms with Crippen molar-refractivity contribution in [3.05, 3.63) is 58.7 Å². The fraction of sp³-hybridized carbons (Fsp3) is 0.455. The number of anilines is 1. The van der Waals surface area contributed by atoms with Crippen molar-refractivity contribution in [2.45, 2.75) is 26.4 Å². The van der Waals surface area contributed by atoms with Gasteiger partial charge in [0.05, 0.1) is 12.7 Å². The van der Waals surface area contributed by atoms with Crippen LogP contribution in [0.2, 0.25) is 0 Å². The van der Waals surface area contributed by atoms with Crippen LogP contribution in [-0.2, 0) is 6.42 Å². The molecule has 2 aliphatic rings. The Morgan fingerprint density at radius 3 is 2.62 bits per heavy atom. The summed E-state index contributed by atoms with van der Waals surface area (Å²) in [6.45, 7) is 9.77. The number of ether oxygens (including phenoxy) is 1. The Balaban J connectivity index is 1.35. The molecular formula is C22H28N2O2. The van der Waals surface area contributed by atoms with Crippen LogP contribution in [0.25, 0.3) is 0 Å². The van der Waals surface area contributed by atoms with E-state index in [1.807, 2.05) is 12.1 Å². The number of benzene rings is 2. The molecule has 0 aromatic heterocycles. The summed E-state index contributed by atoms with van der Waals surface area (Å²) in [5.74, 6) is 0.975. The van der Waals surface area contributed by atoms with E-state index in [4.69, 9.17) is 4.74 Å². The first-order valence-electron chi connectivity index (χ1n) is 9.58. The zero-order chi connectivity index (χ0) is 18.1. The Labute approximate surface area is 156 Å². The fourth-order valence-corrected chi connectivity index (χ4v) is 4.10. The third-order valence-electron chi connectivity index (χ3n) is 5.59. The van der Waals surface area contributed by atoms with Crippen LogP contribution in [-0.4, -0.2) is 49.3 Å². The van der Waals surface area contributed by atoms with Gasteiger partial charge in [0.1, 0.15) is 5.75 Å². The van der Waals surface area contributed by atoms with Crippen LogP contribution < -0.4 is 9.64 Å². The number of aryl methyl sites for hydroxylation is 2. The number of nitrogens with zero attached hydrogens (tertiary/aromatic N) is 2. The van der Waals surface area contributed by atoms with E-state index in [1.165, 1.54) is 22.4 Å². The highest BCUT2D eigenvalue weighted by atomic mass is 16.5. The number of aliphatic hydroxyl groups is 1. The Bertz CT molecular complexity index is 782. The van der Waals surface area contributed by atoms with E-state index in [-0.39, 0.29) is 0 Å². The van der Waals surface area contributed by atoms with Crippen molar-refractivity contribution in [2.24, 2.45) is 0 Å². The summed E-state index contributed by atoms with van der Waals surface area (Å²) in [7, 11) is 0. The first-order valence-corrected chi connectivity index (χ1v) is 9.58. The molecule has 0 spiro atoms. The van der Waals surface area contributed by atoms with Crippen LogP contribution in [0.5, 0.6) is 5.75 Å². The molecule has 0 bridgehead atoms. The fourth-order valence-electron chi connectivity index (χ4n) is 4.10. The third kappa shape index (κ3) is 3.57. The average Bonchev–Trinajstić information content (AvgIpc) is 3.10. The molecule has 2 aliphatic heterocycles. The summed E-state index contributed by atoms with van der Waals surface area (Å²) in [6, 6.07) is 12.8. The van der Waals surface area contributed by atoms with Crippen LogP contribution >= 0.6 is 0 Å². The number of aliphatic hydroxyl groups excluding tert-OH is 1. The topological polar surface area (TPSA) is 35.9 Å². The van der Waals surface area contributed by atoms with Gasteiger partial charge in [-0.3, -0.25) is 4.90 Å². The van der Waals surface area contributed by atoms with E-state index in [9.17, 15) is 5.11 Å². The highest BCUT2D eigenvalue weighted by Crippen LogP contribution is 2.29. The summed E-state index contributed by atoms with van der Waals surface area (Å²) in [5.41, 5.74) is 6.23. The lowest BCUT2D eigenvalue weighted by molar-refractivity contribution is 0.109. The normalized spacial score (nSPS) is 18.5. The molecule has 1 N–H and O–H groups in total. The molecule has 1 atom stereocenters. The summed E-state index contributed by atoms with van der Waals surface area (Å²) < 4.78 is 5.56. The van der Waals surface area contributed by atoms with E-state index < -0.39 is 6.10 Å². The minimum absolute atomic E-state index is 0.437. The predicted octanol–water partition coefficient (Wildman–Crippen LogP) is 3.09. The largest absolute Gasteiger partial charge is 0.493 e. The maximum absolute atomic E-state index is 10.7. The van der Waals surface area contributed by atoms with Gasteiger partial charge in [-0.25, -0.2) is 0 Å². The standard InChI is InChI=1S/C22H28N2O2/c1-16-3-5-20(17(2)13-16)24-10-8-23(9-11-24)15-21(25)18-4-6-22-19(14-18)7-12-26-22/h3-6,13-14,21,25H,7-12,15H2,1-2H3/t21-/m1/s1. The molecule has 26 heavy (non-hydrogen) atoms. The van der Waals surface area contributed by atoms with E-state index in [1.54, 1.807) is 0 Å². The first kappa shape index (κ1) is 17.4. The molecule has 2 aromatic carbocycles. The van der Waals surface area contributed by atoms with Gasteiger partial charge in [0.15, 0.2) is 0 Å². The SMILES string of the molecule is Cc1ccc(N2CCN(C[C@@H](O)c3ccc4c(c3)CCO4)CC2)c(C)c1. The molecule has 4 heteroatoms. The summed E-state index contributed by atoms with van der Waals surface area (Å²) in [6.07, 6.45) is 0.512. The first-order chi connectivity index (χ1) is 12.6. The van der Waals surface area contributed by atoms with E-state index in [0.29, 0.717) is 6.54 Å². The van der Waals surface area contributed by atoms with Crippen molar-refractivity contribution < 1.29 is 9.84 Å². The smallest absolute Gasteiger partial charge is 0.122 e. The Morgan fingerprint density at radius 1 is 1.04 bits per heavy atom. The molecule has 0 radical (unpaired) electrons. The maximum atomic E-state index is 10.7. The van der Waals surface area contributed by atoms with E-state index in [2.05, 4.69) is 47.9 Å². The quantitative estimate of drug-likeness (QED) is 0.917. The minimum atomic E-state index is -0.437. The zero-order valence-electron chi connectivity index (χ0n) is 15.7. The van der Waals surface area contributed by atoms with E-state index >= 15 is 0 Å². The second-order valence-corrected chi connectivity index (χ2v) is 7.56. The molecule has 0 unspecified atom stereocenters. The lowest BCUT2D eigenvalue weighted by Gasteiger charge is -2.37. The van der Waals surface area contributed by atoms with Crippen molar-refractivity contribution in [3.8, 4) is 5.75 Å². The second-order valence-electron chi connectivity index (χ2n) is 7.56. The molecule has 0 saturated carbocycles. The van der Waals surface area contributed by atoms with Crippen molar-refractivity contribution in [2.75, 3.05) is 44.2 Å². The Kier molecular flexibility index (Phi) is 4.88. The maximum Gasteiger partial charge on any atom is 0.122 e. The van der Waals surface area contributed by atoms with Crippen LogP contribution in [0.1, 0.15) is 28.4 Å². The van der Waals surface area contributed by atoms with Crippen molar-refractivity contribution in [1.82, 2.24) is 4.90 Å². The van der Waals surface area contributed by atoms with Crippen molar-refractivity contribution in [3.63, 3.8) is 0 Å². The van der Waals surface area contributed by atoms with Gasteiger partial charge in [0, 0.05) is 44.8 Å². The Hall–Kier alpha value is -2.04. The van der Waals surface area contributed by atoms with Gasteiger partial charge in [-0.05, 0) is 48.7 Å². The minimum Gasteiger partial charge on any atom is -0.493 e.